The van der Waals surface area contributed by atoms with Crippen LogP contribution >= 0.6 is 0 Å². The molecule has 0 spiro atoms. The van der Waals surface area contributed by atoms with E-state index in [1.54, 1.807) is 7.11 Å². The predicted molar refractivity (Wildman–Crippen MR) is 80.3 cm³/mol. The number of carbonyl (C=O) groups excluding carboxylic acids is 1. The number of nitrogens with one attached hydrogen (secondary N) is 2. The summed E-state index contributed by atoms with van der Waals surface area (Å²) in [7, 11) is 1.61. The van der Waals surface area contributed by atoms with Crippen LogP contribution in [-0.4, -0.2) is 50.1 Å². The van der Waals surface area contributed by atoms with Crippen molar-refractivity contribution in [3.63, 3.8) is 0 Å². The van der Waals surface area contributed by atoms with E-state index in [-0.39, 0.29) is 5.91 Å². The van der Waals surface area contributed by atoms with Crippen molar-refractivity contribution in [3.05, 3.63) is 23.8 Å². The van der Waals surface area contributed by atoms with E-state index in [0.29, 0.717) is 18.3 Å². The van der Waals surface area contributed by atoms with Crippen molar-refractivity contribution in [3.8, 4) is 5.75 Å². The minimum Gasteiger partial charge on any atom is -0.495 e. The molecule has 1 saturated heterocycles. The summed E-state index contributed by atoms with van der Waals surface area (Å²) < 4.78 is 5.27. The fourth-order valence-electron chi connectivity index (χ4n) is 2.41. The number of hydrogen-bond donors (Lipinski definition) is 2. The summed E-state index contributed by atoms with van der Waals surface area (Å²) in [6.07, 6.45) is 0. The zero-order valence-corrected chi connectivity index (χ0v) is 12.4. The smallest absolute Gasteiger partial charge is 0.238 e. The highest BCUT2D eigenvalue weighted by molar-refractivity contribution is 5.93. The molecule has 1 atom stereocenters. The maximum Gasteiger partial charge on any atom is 0.238 e. The molecule has 2 N–H and O–H groups in total. The summed E-state index contributed by atoms with van der Waals surface area (Å²) in [5, 5.41) is 6.26. The Morgan fingerprint density at radius 1 is 1.55 bits per heavy atom. The number of carbonyl (C=O) groups is 1. The predicted octanol–water partition coefficient (Wildman–Crippen LogP) is 1.24. The Hall–Kier alpha value is -1.59. The quantitative estimate of drug-likeness (QED) is 0.869. The molecule has 1 heterocycles. The van der Waals surface area contributed by atoms with Gasteiger partial charge in [0.05, 0.1) is 19.3 Å². The van der Waals surface area contributed by atoms with E-state index in [2.05, 4.69) is 22.5 Å². The summed E-state index contributed by atoms with van der Waals surface area (Å²) in [5.74, 6) is 0.694. The van der Waals surface area contributed by atoms with Gasteiger partial charge in [-0.3, -0.25) is 9.69 Å². The molecular weight excluding hydrogens is 254 g/mol. The minimum absolute atomic E-state index is 0.00245. The van der Waals surface area contributed by atoms with Crippen LogP contribution in [0, 0.1) is 6.92 Å². The van der Waals surface area contributed by atoms with Crippen LogP contribution in [0.1, 0.15) is 12.5 Å². The largest absolute Gasteiger partial charge is 0.495 e. The van der Waals surface area contributed by atoms with E-state index in [0.717, 1.165) is 30.9 Å². The van der Waals surface area contributed by atoms with Crippen LogP contribution in [0.2, 0.25) is 0 Å². The maximum atomic E-state index is 12.2. The van der Waals surface area contributed by atoms with E-state index >= 15 is 0 Å². The topological polar surface area (TPSA) is 53.6 Å². The van der Waals surface area contributed by atoms with Gasteiger partial charge in [0.15, 0.2) is 0 Å². The molecule has 5 heteroatoms. The zero-order chi connectivity index (χ0) is 14.5. The van der Waals surface area contributed by atoms with Crippen LogP contribution < -0.4 is 15.4 Å². The Labute approximate surface area is 120 Å². The molecule has 1 aromatic rings. The third kappa shape index (κ3) is 3.71. The number of benzene rings is 1. The zero-order valence-electron chi connectivity index (χ0n) is 12.4. The molecule has 0 radical (unpaired) electrons. The summed E-state index contributed by atoms with van der Waals surface area (Å²) in [4.78, 5) is 14.4. The third-order valence-corrected chi connectivity index (χ3v) is 3.61. The molecule has 0 saturated carbocycles. The lowest BCUT2D eigenvalue weighted by Crippen LogP contribution is -2.52. The van der Waals surface area contributed by atoms with Gasteiger partial charge < -0.3 is 15.4 Å². The standard InChI is InChI=1S/C15H23N3O2/c1-11-4-5-14(20-3)13(8-11)17-15(19)10-18-7-6-16-9-12(18)2/h4-5,8,12,16H,6-7,9-10H2,1-3H3,(H,17,19). The molecular formula is C15H23N3O2. The molecule has 1 aliphatic rings. The highest BCUT2D eigenvalue weighted by Crippen LogP contribution is 2.25. The number of nitrogens with zero attached hydrogens (tertiary/aromatic N) is 1. The number of rotatable bonds is 4. The number of anilines is 1. The van der Waals surface area contributed by atoms with Gasteiger partial charge in [0.1, 0.15) is 5.75 Å². The molecule has 0 aromatic heterocycles. The molecule has 0 aliphatic carbocycles. The average molecular weight is 277 g/mol. The van der Waals surface area contributed by atoms with Crippen LogP contribution in [0.5, 0.6) is 5.75 Å². The van der Waals surface area contributed by atoms with Crippen molar-refractivity contribution in [1.82, 2.24) is 10.2 Å². The molecule has 0 bridgehead atoms. The number of amides is 1. The van der Waals surface area contributed by atoms with Gasteiger partial charge in [-0.25, -0.2) is 0 Å². The minimum atomic E-state index is 0.00245. The van der Waals surface area contributed by atoms with Crippen molar-refractivity contribution >= 4 is 11.6 Å². The van der Waals surface area contributed by atoms with Crippen molar-refractivity contribution in [1.29, 1.82) is 0 Å². The van der Waals surface area contributed by atoms with Gasteiger partial charge in [-0.2, -0.15) is 0 Å². The molecule has 1 aromatic carbocycles. The number of hydrogen-bond acceptors (Lipinski definition) is 4. The normalized spacial score (nSPS) is 19.6. The number of aryl methyl sites for hydroxylation is 1. The Kier molecular flexibility index (Phi) is 4.98. The number of ether oxygens (including phenoxy) is 1. The summed E-state index contributed by atoms with van der Waals surface area (Å²) >= 11 is 0. The van der Waals surface area contributed by atoms with Gasteiger partial charge in [-0.15, -0.1) is 0 Å². The number of methoxy groups -OCH3 is 1. The number of piperazine rings is 1. The molecule has 2 rings (SSSR count). The molecule has 1 amide bonds. The second-order valence-corrected chi connectivity index (χ2v) is 5.28. The maximum absolute atomic E-state index is 12.2. The molecule has 5 nitrogen and oxygen atoms in total. The second-order valence-electron chi connectivity index (χ2n) is 5.28. The second kappa shape index (κ2) is 6.72. The van der Waals surface area contributed by atoms with Gasteiger partial charge in [-0.1, -0.05) is 6.07 Å². The van der Waals surface area contributed by atoms with Crippen molar-refractivity contribution in [2.45, 2.75) is 19.9 Å². The Morgan fingerprint density at radius 3 is 3.05 bits per heavy atom. The highest BCUT2D eigenvalue weighted by Gasteiger charge is 2.20. The van der Waals surface area contributed by atoms with Crippen LogP contribution in [0.3, 0.4) is 0 Å². The van der Waals surface area contributed by atoms with Gasteiger partial charge in [0, 0.05) is 25.7 Å². The molecule has 1 aliphatic heterocycles. The summed E-state index contributed by atoms with van der Waals surface area (Å²) in [6.45, 7) is 7.31. The lowest BCUT2D eigenvalue weighted by molar-refractivity contribution is -0.118. The van der Waals surface area contributed by atoms with Crippen LogP contribution in [0.25, 0.3) is 0 Å². The van der Waals surface area contributed by atoms with E-state index in [4.69, 9.17) is 4.74 Å². The first kappa shape index (κ1) is 14.8. The van der Waals surface area contributed by atoms with Crippen LogP contribution in [-0.2, 0) is 4.79 Å². The Morgan fingerprint density at radius 2 is 2.35 bits per heavy atom. The monoisotopic (exact) mass is 277 g/mol. The average Bonchev–Trinajstić information content (AvgIpc) is 2.41. The SMILES string of the molecule is COc1ccc(C)cc1NC(=O)CN1CCNCC1C. The lowest BCUT2D eigenvalue weighted by atomic mass is 10.2. The Bertz CT molecular complexity index is 476. The van der Waals surface area contributed by atoms with E-state index in [1.807, 2.05) is 25.1 Å². The first-order chi connectivity index (χ1) is 9.60. The molecule has 110 valence electrons. The van der Waals surface area contributed by atoms with E-state index in [9.17, 15) is 4.79 Å². The van der Waals surface area contributed by atoms with E-state index < -0.39 is 0 Å². The highest BCUT2D eigenvalue weighted by atomic mass is 16.5. The van der Waals surface area contributed by atoms with Crippen molar-refractivity contribution < 1.29 is 9.53 Å². The van der Waals surface area contributed by atoms with Crippen molar-refractivity contribution in [2.75, 3.05) is 38.6 Å². The van der Waals surface area contributed by atoms with Gasteiger partial charge >= 0.3 is 0 Å². The lowest BCUT2D eigenvalue weighted by Gasteiger charge is -2.33. The van der Waals surface area contributed by atoms with Gasteiger partial charge in [0.25, 0.3) is 0 Å². The summed E-state index contributed by atoms with van der Waals surface area (Å²) in [6, 6.07) is 6.15. The fourth-order valence-corrected chi connectivity index (χ4v) is 2.41. The van der Waals surface area contributed by atoms with Crippen LogP contribution in [0.4, 0.5) is 5.69 Å². The molecule has 1 fully saturated rings. The first-order valence-corrected chi connectivity index (χ1v) is 6.99. The third-order valence-electron chi connectivity index (χ3n) is 3.61. The van der Waals surface area contributed by atoms with E-state index in [1.165, 1.54) is 0 Å². The van der Waals surface area contributed by atoms with Crippen molar-refractivity contribution in [2.24, 2.45) is 0 Å². The van der Waals surface area contributed by atoms with Gasteiger partial charge in [-0.05, 0) is 31.5 Å². The Balaban J connectivity index is 1.99. The molecule has 1 unspecified atom stereocenters. The van der Waals surface area contributed by atoms with Crippen LogP contribution in [0.15, 0.2) is 18.2 Å². The van der Waals surface area contributed by atoms with Gasteiger partial charge in [0.2, 0.25) is 5.91 Å². The fraction of sp³-hybridized carbons (Fsp3) is 0.533. The first-order valence-electron chi connectivity index (χ1n) is 6.99. The summed E-state index contributed by atoms with van der Waals surface area (Å²) in [5.41, 5.74) is 1.83. The molecule has 20 heavy (non-hydrogen) atoms.